The van der Waals surface area contributed by atoms with Gasteiger partial charge in [-0.15, -0.1) is 0 Å². The number of nitrogens with zero attached hydrogens (tertiary/aromatic N) is 3. The minimum atomic E-state index is -2.91. The zero-order valence-corrected chi connectivity index (χ0v) is 16.0. The van der Waals surface area contributed by atoms with Crippen molar-refractivity contribution in [1.82, 2.24) is 15.2 Å². The standard InChI is InChI=1S/C18H24N4O4S/c23-17(19-12-14-6-11-27(24,25)13-14)21-7-3-8-22(10-9-21)18-20-15-4-1-2-5-16(15)26-18/h1-2,4-5,14H,3,6-13H2,(H,19,23). The third-order valence-corrected chi connectivity index (χ3v) is 7.04. The average molecular weight is 392 g/mol. The van der Waals surface area contributed by atoms with E-state index in [1.807, 2.05) is 24.3 Å². The van der Waals surface area contributed by atoms with E-state index < -0.39 is 9.84 Å². The monoisotopic (exact) mass is 392 g/mol. The first kappa shape index (κ1) is 18.1. The number of para-hydroxylation sites is 2. The summed E-state index contributed by atoms with van der Waals surface area (Å²) in [6.45, 7) is 3.08. The zero-order chi connectivity index (χ0) is 18.9. The maximum atomic E-state index is 12.5. The molecule has 2 fully saturated rings. The predicted molar refractivity (Wildman–Crippen MR) is 103 cm³/mol. The van der Waals surface area contributed by atoms with Gasteiger partial charge in [0.15, 0.2) is 15.4 Å². The molecule has 2 amide bonds. The normalized spacial score (nSPS) is 22.7. The van der Waals surface area contributed by atoms with Gasteiger partial charge in [-0.1, -0.05) is 12.1 Å². The highest BCUT2D eigenvalue weighted by Crippen LogP contribution is 2.22. The van der Waals surface area contributed by atoms with E-state index in [1.54, 1.807) is 4.90 Å². The molecule has 2 aromatic rings. The number of rotatable bonds is 3. The van der Waals surface area contributed by atoms with E-state index in [2.05, 4.69) is 15.2 Å². The van der Waals surface area contributed by atoms with Crippen LogP contribution in [0.5, 0.6) is 0 Å². The number of anilines is 1. The first-order valence-electron chi connectivity index (χ1n) is 9.34. The molecule has 4 rings (SSSR count). The molecule has 2 saturated heterocycles. The Morgan fingerprint density at radius 2 is 2.07 bits per heavy atom. The fourth-order valence-electron chi connectivity index (χ4n) is 3.68. The highest BCUT2D eigenvalue weighted by Gasteiger charge is 2.29. The molecular formula is C18H24N4O4S. The number of hydrogen-bond donors (Lipinski definition) is 1. The topological polar surface area (TPSA) is 95.8 Å². The van der Waals surface area contributed by atoms with Gasteiger partial charge in [0.1, 0.15) is 5.52 Å². The van der Waals surface area contributed by atoms with Gasteiger partial charge in [-0.2, -0.15) is 4.98 Å². The van der Waals surface area contributed by atoms with E-state index in [0.717, 1.165) is 24.1 Å². The largest absolute Gasteiger partial charge is 0.423 e. The van der Waals surface area contributed by atoms with Crippen molar-refractivity contribution < 1.29 is 17.6 Å². The van der Waals surface area contributed by atoms with Gasteiger partial charge >= 0.3 is 6.03 Å². The van der Waals surface area contributed by atoms with Crippen LogP contribution in [-0.4, -0.2) is 68.6 Å². The molecular weight excluding hydrogens is 368 g/mol. The third-order valence-electron chi connectivity index (χ3n) is 5.20. The van der Waals surface area contributed by atoms with E-state index in [9.17, 15) is 13.2 Å². The van der Waals surface area contributed by atoms with Crippen LogP contribution in [0.15, 0.2) is 28.7 Å². The Hall–Kier alpha value is -2.29. The first-order chi connectivity index (χ1) is 13.0. The molecule has 9 heteroatoms. The second-order valence-electron chi connectivity index (χ2n) is 7.25. The summed E-state index contributed by atoms with van der Waals surface area (Å²) in [5.74, 6) is 0.442. The fraction of sp³-hybridized carbons (Fsp3) is 0.556. The van der Waals surface area contributed by atoms with Crippen LogP contribution < -0.4 is 10.2 Å². The molecule has 1 aromatic carbocycles. The number of oxazole rings is 1. The SMILES string of the molecule is O=C(NCC1CCS(=O)(=O)C1)N1CCCN(c2nc3ccccc3o2)CC1. The Labute approximate surface area is 158 Å². The van der Waals surface area contributed by atoms with Gasteiger partial charge in [-0.3, -0.25) is 0 Å². The van der Waals surface area contributed by atoms with E-state index in [0.29, 0.717) is 38.6 Å². The van der Waals surface area contributed by atoms with Crippen LogP contribution in [0, 0.1) is 5.92 Å². The summed E-state index contributed by atoms with van der Waals surface area (Å²) >= 11 is 0. The van der Waals surface area contributed by atoms with E-state index >= 15 is 0 Å². The summed E-state index contributed by atoms with van der Waals surface area (Å²) < 4.78 is 28.9. The zero-order valence-electron chi connectivity index (χ0n) is 15.1. The van der Waals surface area contributed by atoms with Gasteiger partial charge in [-0.05, 0) is 30.9 Å². The fourth-order valence-corrected chi connectivity index (χ4v) is 5.55. The Kier molecular flexibility index (Phi) is 4.94. The van der Waals surface area contributed by atoms with Crippen LogP contribution in [0.3, 0.4) is 0 Å². The molecule has 0 bridgehead atoms. The molecule has 146 valence electrons. The smallest absolute Gasteiger partial charge is 0.317 e. The van der Waals surface area contributed by atoms with Gasteiger partial charge in [0.25, 0.3) is 6.01 Å². The van der Waals surface area contributed by atoms with Crippen molar-refractivity contribution in [3.63, 3.8) is 0 Å². The molecule has 1 unspecified atom stereocenters. The molecule has 0 radical (unpaired) electrons. The van der Waals surface area contributed by atoms with Crippen LogP contribution in [0.1, 0.15) is 12.8 Å². The van der Waals surface area contributed by atoms with Crippen molar-refractivity contribution in [3.05, 3.63) is 24.3 Å². The van der Waals surface area contributed by atoms with Crippen LogP contribution in [0.25, 0.3) is 11.1 Å². The minimum absolute atomic E-state index is 0.0298. The Bertz CT molecular complexity index is 893. The molecule has 0 spiro atoms. The molecule has 2 aliphatic rings. The highest BCUT2D eigenvalue weighted by atomic mass is 32.2. The highest BCUT2D eigenvalue weighted by molar-refractivity contribution is 7.91. The number of benzene rings is 1. The lowest BCUT2D eigenvalue weighted by atomic mass is 10.1. The molecule has 0 aliphatic carbocycles. The Balaban J connectivity index is 1.32. The van der Waals surface area contributed by atoms with Crippen molar-refractivity contribution in [3.8, 4) is 0 Å². The van der Waals surface area contributed by atoms with Crippen molar-refractivity contribution in [2.45, 2.75) is 12.8 Å². The Morgan fingerprint density at radius 3 is 2.85 bits per heavy atom. The number of sulfone groups is 1. The second kappa shape index (κ2) is 7.38. The quantitative estimate of drug-likeness (QED) is 0.850. The first-order valence-corrected chi connectivity index (χ1v) is 11.2. The van der Waals surface area contributed by atoms with Crippen molar-refractivity contribution >= 4 is 33.0 Å². The summed E-state index contributed by atoms with van der Waals surface area (Å²) in [6.07, 6.45) is 1.46. The van der Waals surface area contributed by atoms with Crippen molar-refractivity contribution in [2.75, 3.05) is 49.1 Å². The molecule has 1 atom stereocenters. The molecule has 8 nitrogen and oxygen atoms in total. The predicted octanol–water partition coefficient (Wildman–Crippen LogP) is 1.48. The second-order valence-corrected chi connectivity index (χ2v) is 9.48. The number of carbonyl (C=O) groups is 1. The molecule has 1 N–H and O–H groups in total. The van der Waals surface area contributed by atoms with Crippen LogP contribution >= 0.6 is 0 Å². The summed E-state index contributed by atoms with van der Waals surface area (Å²) in [4.78, 5) is 20.8. The van der Waals surface area contributed by atoms with Crippen LogP contribution in [0.2, 0.25) is 0 Å². The van der Waals surface area contributed by atoms with Gasteiger partial charge in [0, 0.05) is 32.7 Å². The average Bonchev–Trinajstić information content (AvgIpc) is 3.13. The summed E-state index contributed by atoms with van der Waals surface area (Å²) in [5.41, 5.74) is 1.59. The molecule has 2 aliphatic heterocycles. The Morgan fingerprint density at radius 1 is 1.22 bits per heavy atom. The van der Waals surface area contributed by atoms with Gasteiger partial charge in [-0.25, -0.2) is 13.2 Å². The number of carbonyl (C=O) groups excluding carboxylic acids is 1. The summed E-state index contributed by atoms with van der Waals surface area (Å²) in [6, 6.07) is 8.13. The number of hydrogen-bond acceptors (Lipinski definition) is 6. The summed E-state index contributed by atoms with van der Waals surface area (Å²) in [5, 5.41) is 2.90. The van der Waals surface area contributed by atoms with E-state index in [1.165, 1.54) is 0 Å². The molecule has 27 heavy (non-hydrogen) atoms. The van der Waals surface area contributed by atoms with Crippen molar-refractivity contribution in [2.24, 2.45) is 5.92 Å². The minimum Gasteiger partial charge on any atom is -0.423 e. The number of aromatic nitrogens is 1. The van der Waals surface area contributed by atoms with Crippen LogP contribution in [0.4, 0.5) is 10.8 Å². The number of fused-ring (bicyclic) bond motifs is 1. The maximum absolute atomic E-state index is 12.5. The van der Waals surface area contributed by atoms with Gasteiger partial charge < -0.3 is 19.5 Å². The number of urea groups is 1. The summed E-state index contributed by atoms with van der Waals surface area (Å²) in [7, 11) is -2.91. The van der Waals surface area contributed by atoms with Crippen molar-refractivity contribution in [1.29, 1.82) is 0 Å². The van der Waals surface area contributed by atoms with E-state index in [-0.39, 0.29) is 23.5 Å². The molecule has 3 heterocycles. The van der Waals surface area contributed by atoms with E-state index in [4.69, 9.17) is 4.42 Å². The van der Waals surface area contributed by atoms with Gasteiger partial charge in [0.2, 0.25) is 0 Å². The number of amides is 2. The third kappa shape index (κ3) is 4.18. The molecule has 0 saturated carbocycles. The lowest BCUT2D eigenvalue weighted by Gasteiger charge is -2.22. The maximum Gasteiger partial charge on any atom is 0.317 e. The van der Waals surface area contributed by atoms with Crippen LogP contribution in [-0.2, 0) is 9.84 Å². The van der Waals surface area contributed by atoms with Gasteiger partial charge in [0.05, 0.1) is 11.5 Å². The lowest BCUT2D eigenvalue weighted by molar-refractivity contribution is 0.200. The lowest BCUT2D eigenvalue weighted by Crippen LogP contribution is -2.43. The number of nitrogens with one attached hydrogen (secondary N) is 1. The molecule has 1 aromatic heterocycles.